The zero-order chi connectivity index (χ0) is 26.6. The number of pyridine rings is 1. The highest BCUT2D eigenvalue weighted by Crippen LogP contribution is 2.33. The molecule has 5 rings (SSSR count). The molecule has 5 aromatic rings. The van der Waals surface area contributed by atoms with Crippen molar-refractivity contribution < 1.29 is 23.0 Å². The number of methoxy groups -OCH3 is 1. The molecule has 3 aromatic heterocycles. The third-order valence-corrected chi connectivity index (χ3v) is 5.43. The van der Waals surface area contributed by atoms with Crippen molar-refractivity contribution in [3.05, 3.63) is 78.8 Å². The number of fused-ring (bicyclic) bond motifs is 1. The molecule has 2 aromatic carbocycles. The van der Waals surface area contributed by atoms with E-state index in [-0.39, 0.29) is 17.1 Å². The van der Waals surface area contributed by atoms with Gasteiger partial charge in [-0.3, -0.25) is 9.78 Å². The summed E-state index contributed by atoms with van der Waals surface area (Å²) in [7, 11) is 1.46. The number of benzene rings is 2. The number of hydrogen-bond acceptors (Lipinski definition) is 9. The van der Waals surface area contributed by atoms with Crippen molar-refractivity contribution in [2.75, 3.05) is 12.4 Å². The lowest BCUT2D eigenvalue weighted by Crippen LogP contribution is -2.13. The van der Waals surface area contributed by atoms with Crippen LogP contribution in [0.1, 0.15) is 10.4 Å². The van der Waals surface area contributed by atoms with Gasteiger partial charge in [0.2, 0.25) is 5.88 Å². The summed E-state index contributed by atoms with van der Waals surface area (Å²) >= 11 is 0. The maximum Gasteiger partial charge on any atom is 0.387 e. The summed E-state index contributed by atoms with van der Waals surface area (Å²) in [6.07, 6.45) is 4.57. The van der Waals surface area contributed by atoms with Gasteiger partial charge in [-0.1, -0.05) is 12.1 Å². The molecule has 0 radical (unpaired) electrons. The Labute approximate surface area is 214 Å². The molecule has 0 atom stereocenters. The van der Waals surface area contributed by atoms with E-state index in [1.807, 2.05) is 0 Å². The van der Waals surface area contributed by atoms with Gasteiger partial charge in [-0.15, -0.1) is 0 Å². The summed E-state index contributed by atoms with van der Waals surface area (Å²) in [6.45, 7) is -2.97. The van der Waals surface area contributed by atoms with Gasteiger partial charge in [0.05, 0.1) is 30.1 Å². The van der Waals surface area contributed by atoms with Crippen LogP contribution in [-0.2, 0) is 0 Å². The number of carbonyl (C=O) groups excluding carboxylic acids is 1. The summed E-state index contributed by atoms with van der Waals surface area (Å²) in [5, 5.41) is 3.70. The number of halogens is 2. The molecule has 12 heteroatoms. The second kappa shape index (κ2) is 10.4. The number of rotatable bonds is 8. The number of aromatic nitrogens is 5. The molecule has 0 saturated carbocycles. The average Bonchev–Trinajstić information content (AvgIpc) is 2.92. The fourth-order valence-corrected chi connectivity index (χ4v) is 3.76. The minimum Gasteiger partial charge on any atom is -0.481 e. The summed E-state index contributed by atoms with van der Waals surface area (Å²) in [4.78, 5) is 34.1. The van der Waals surface area contributed by atoms with E-state index >= 15 is 0 Å². The molecule has 0 aliphatic carbocycles. The van der Waals surface area contributed by atoms with E-state index in [1.54, 1.807) is 36.4 Å². The summed E-state index contributed by atoms with van der Waals surface area (Å²) in [5.74, 6) is 0.255. The lowest BCUT2D eigenvalue weighted by molar-refractivity contribution is -0.0498. The predicted octanol–water partition coefficient (Wildman–Crippen LogP) is 4.60. The third-order valence-electron chi connectivity index (χ3n) is 5.43. The SMILES string of the molecule is COc1ccc(C(N)=O)c(-c2ccc3nc(-c4cnccn4)nc(Nc4cccc(OC(F)F)c4)c3c2)n1. The topological polar surface area (TPSA) is 138 Å². The molecule has 190 valence electrons. The second-order valence-electron chi connectivity index (χ2n) is 7.86. The van der Waals surface area contributed by atoms with Crippen LogP contribution in [0.15, 0.2) is 73.2 Å². The van der Waals surface area contributed by atoms with Crippen LogP contribution in [0.5, 0.6) is 11.6 Å². The molecule has 0 spiro atoms. The Morgan fingerprint density at radius 2 is 1.89 bits per heavy atom. The van der Waals surface area contributed by atoms with Crippen molar-refractivity contribution >= 4 is 28.3 Å². The number of nitrogens with two attached hydrogens (primary N) is 1. The molecule has 0 unspecified atom stereocenters. The normalized spacial score (nSPS) is 10.9. The van der Waals surface area contributed by atoms with Crippen molar-refractivity contribution in [3.63, 3.8) is 0 Å². The van der Waals surface area contributed by atoms with Crippen LogP contribution in [0.4, 0.5) is 20.3 Å². The highest BCUT2D eigenvalue weighted by atomic mass is 19.3. The first kappa shape index (κ1) is 24.4. The Bertz CT molecular complexity index is 1630. The highest BCUT2D eigenvalue weighted by molar-refractivity contribution is 6.01. The monoisotopic (exact) mass is 515 g/mol. The van der Waals surface area contributed by atoms with Crippen molar-refractivity contribution in [1.29, 1.82) is 0 Å². The minimum absolute atomic E-state index is 0.0233. The van der Waals surface area contributed by atoms with Crippen LogP contribution in [0.25, 0.3) is 33.7 Å². The van der Waals surface area contributed by atoms with Crippen LogP contribution < -0.4 is 20.5 Å². The lowest BCUT2D eigenvalue weighted by atomic mass is 10.0. The van der Waals surface area contributed by atoms with Gasteiger partial charge >= 0.3 is 6.61 Å². The Morgan fingerprint density at radius 1 is 1.03 bits per heavy atom. The van der Waals surface area contributed by atoms with Crippen LogP contribution in [-0.4, -0.2) is 44.5 Å². The Kier molecular flexibility index (Phi) is 6.68. The number of ether oxygens (including phenoxy) is 2. The molecular formula is C26H19F2N7O3. The molecule has 0 fully saturated rings. The van der Waals surface area contributed by atoms with Gasteiger partial charge in [0, 0.05) is 41.2 Å². The molecule has 0 aliphatic heterocycles. The standard InChI is InChI=1S/C26H19F2N7O3/c1-37-21-8-6-17(23(29)36)22(34-21)14-5-7-19-18(11-14)24(35-25(33-19)20-13-30-9-10-31-20)32-15-3-2-4-16(12-15)38-26(27)28/h2-13,26H,1H3,(H2,29,36)(H,32,33,35). The van der Waals surface area contributed by atoms with Crippen LogP contribution >= 0.6 is 0 Å². The first-order valence-electron chi connectivity index (χ1n) is 11.2. The molecule has 3 N–H and O–H groups in total. The fourth-order valence-electron chi connectivity index (χ4n) is 3.76. The maximum atomic E-state index is 12.8. The third kappa shape index (κ3) is 5.14. The average molecular weight is 515 g/mol. The zero-order valence-electron chi connectivity index (χ0n) is 19.8. The van der Waals surface area contributed by atoms with Gasteiger partial charge in [-0.05, 0) is 30.3 Å². The van der Waals surface area contributed by atoms with Gasteiger partial charge < -0.3 is 20.5 Å². The zero-order valence-corrected chi connectivity index (χ0v) is 19.8. The van der Waals surface area contributed by atoms with E-state index in [1.165, 1.54) is 43.9 Å². The van der Waals surface area contributed by atoms with Crippen LogP contribution in [0, 0.1) is 0 Å². The molecule has 3 heterocycles. The lowest BCUT2D eigenvalue weighted by Gasteiger charge is -2.14. The number of nitrogens with zero attached hydrogens (tertiary/aromatic N) is 5. The Hall–Kier alpha value is -5.26. The Morgan fingerprint density at radius 3 is 2.63 bits per heavy atom. The van der Waals surface area contributed by atoms with Gasteiger partial charge in [0.15, 0.2) is 5.82 Å². The highest BCUT2D eigenvalue weighted by Gasteiger charge is 2.17. The van der Waals surface area contributed by atoms with Crippen molar-refractivity contribution in [2.45, 2.75) is 6.61 Å². The number of amides is 1. The van der Waals surface area contributed by atoms with E-state index in [2.05, 4.69) is 35.0 Å². The van der Waals surface area contributed by atoms with Crippen LogP contribution in [0.3, 0.4) is 0 Å². The van der Waals surface area contributed by atoms with Crippen molar-refractivity contribution in [3.8, 4) is 34.4 Å². The van der Waals surface area contributed by atoms with Crippen molar-refractivity contribution in [2.24, 2.45) is 5.73 Å². The minimum atomic E-state index is -2.97. The van der Waals surface area contributed by atoms with E-state index in [9.17, 15) is 13.6 Å². The Balaban J connectivity index is 1.68. The van der Waals surface area contributed by atoms with Crippen LogP contribution in [0.2, 0.25) is 0 Å². The first-order valence-corrected chi connectivity index (χ1v) is 11.2. The molecule has 0 aliphatic rings. The molecule has 1 amide bonds. The second-order valence-corrected chi connectivity index (χ2v) is 7.86. The van der Waals surface area contributed by atoms with E-state index in [0.29, 0.717) is 45.2 Å². The molecule has 10 nitrogen and oxygen atoms in total. The largest absolute Gasteiger partial charge is 0.481 e. The van der Waals surface area contributed by atoms with E-state index in [0.717, 1.165) is 0 Å². The first-order chi connectivity index (χ1) is 18.4. The smallest absolute Gasteiger partial charge is 0.387 e. The number of anilines is 2. The van der Waals surface area contributed by atoms with E-state index in [4.69, 9.17) is 10.5 Å². The molecule has 38 heavy (non-hydrogen) atoms. The van der Waals surface area contributed by atoms with Crippen molar-refractivity contribution in [1.82, 2.24) is 24.9 Å². The predicted molar refractivity (Wildman–Crippen MR) is 135 cm³/mol. The summed E-state index contributed by atoms with van der Waals surface area (Å²) in [6, 6.07) is 14.4. The van der Waals surface area contributed by atoms with E-state index < -0.39 is 12.5 Å². The number of nitrogens with one attached hydrogen (secondary N) is 1. The number of hydrogen-bond donors (Lipinski definition) is 2. The van der Waals surface area contributed by atoms with Gasteiger partial charge in [0.1, 0.15) is 17.3 Å². The quantitative estimate of drug-likeness (QED) is 0.304. The molecule has 0 saturated heterocycles. The fraction of sp³-hybridized carbons (Fsp3) is 0.0769. The number of primary amides is 1. The van der Waals surface area contributed by atoms with Gasteiger partial charge in [0.25, 0.3) is 5.91 Å². The number of carbonyl (C=O) groups is 1. The maximum absolute atomic E-state index is 12.8. The molecule has 0 bridgehead atoms. The summed E-state index contributed by atoms with van der Waals surface area (Å²) in [5.41, 5.74) is 8.07. The molecular weight excluding hydrogens is 496 g/mol. The van der Waals surface area contributed by atoms with Gasteiger partial charge in [-0.25, -0.2) is 19.9 Å². The van der Waals surface area contributed by atoms with Gasteiger partial charge in [-0.2, -0.15) is 8.78 Å². The summed E-state index contributed by atoms with van der Waals surface area (Å²) < 4.78 is 35.3. The number of alkyl halides is 2.